The van der Waals surface area contributed by atoms with Gasteiger partial charge < -0.3 is 9.30 Å². The van der Waals surface area contributed by atoms with Crippen molar-refractivity contribution >= 4 is 28.5 Å². The number of hydrogen-bond acceptors (Lipinski definition) is 2. The van der Waals surface area contributed by atoms with Gasteiger partial charge in [-0.1, -0.05) is 23.7 Å². The lowest BCUT2D eigenvalue weighted by Crippen LogP contribution is -2.07. The second-order valence-electron chi connectivity index (χ2n) is 5.55. The fraction of sp³-hybridized carbons (Fsp3) is 0.211. The van der Waals surface area contributed by atoms with Crippen molar-refractivity contribution in [2.24, 2.45) is 0 Å². The van der Waals surface area contributed by atoms with E-state index in [1.807, 2.05) is 29.0 Å². The second kappa shape index (κ2) is 7.05. The van der Waals surface area contributed by atoms with E-state index in [1.165, 1.54) is 12.1 Å². The maximum Gasteiger partial charge on any atom is 0.310 e. The van der Waals surface area contributed by atoms with Crippen molar-refractivity contribution in [3.8, 4) is 0 Å². The molecule has 0 saturated heterocycles. The van der Waals surface area contributed by atoms with Gasteiger partial charge in [-0.2, -0.15) is 0 Å². The number of fused-ring (bicyclic) bond motifs is 1. The van der Waals surface area contributed by atoms with Gasteiger partial charge in [0, 0.05) is 28.7 Å². The van der Waals surface area contributed by atoms with E-state index in [0.29, 0.717) is 18.2 Å². The lowest BCUT2D eigenvalue weighted by atomic mass is 10.1. The Bertz CT molecular complexity index is 871. The largest absolute Gasteiger partial charge is 0.466 e. The fourth-order valence-corrected chi connectivity index (χ4v) is 2.94. The highest BCUT2D eigenvalue weighted by molar-refractivity contribution is 6.31. The Morgan fingerprint density at radius 3 is 2.67 bits per heavy atom. The summed E-state index contributed by atoms with van der Waals surface area (Å²) in [6.07, 6.45) is 2.13. The molecule has 24 heavy (non-hydrogen) atoms. The van der Waals surface area contributed by atoms with Crippen LogP contribution in [0, 0.1) is 5.82 Å². The number of carbonyl (C=O) groups excluding carboxylic acids is 1. The van der Waals surface area contributed by atoms with Gasteiger partial charge in [0.25, 0.3) is 0 Å². The Hall–Kier alpha value is -2.33. The maximum absolute atomic E-state index is 13.1. The summed E-state index contributed by atoms with van der Waals surface area (Å²) in [6, 6.07) is 12.0. The van der Waals surface area contributed by atoms with Gasteiger partial charge in [-0.15, -0.1) is 0 Å². The van der Waals surface area contributed by atoms with E-state index < -0.39 is 0 Å². The van der Waals surface area contributed by atoms with Gasteiger partial charge >= 0.3 is 5.97 Å². The molecule has 0 radical (unpaired) electrons. The van der Waals surface area contributed by atoms with Crippen molar-refractivity contribution < 1.29 is 13.9 Å². The minimum absolute atomic E-state index is 0.196. The molecular weight excluding hydrogens is 329 g/mol. The highest BCUT2D eigenvalue weighted by atomic mass is 35.5. The van der Waals surface area contributed by atoms with Crippen LogP contribution in [-0.2, 0) is 22.5 Å². The Labute approximate surface area is 144 Å². The molecule has 0 amide bonds. The predicted octanol–water partition coefficient (Wildman–Crippen LogP) is 4.59. The van der Waals surface area contributed by atoms with Crippen LogP contribution in [0.4, 0.5) is 4.39 Å². The van der Waals surface area contributed by atoms with Crippen molar-refractivity contribution in [1.29, 1.82) is 0 Å². The van der Waals surface area contributed by atoms with Crippen LogP contribution in [0.15, 0.2) is 48.7 Å². The number of esters is 1. The number of carbonyl (C=O) groups is 1. The molecule has 0 N–H and O–H groups in total. The first-order valence-corrected chi connectivity index (χ1v) is 8.12. The van der Waals surface area contributed by atoms with E-state index in [-0.39, 0.29) is 18.2 Å². The number of rotatable bonds is 5. The third-order valence-electron chi connectivity index (χ3n) is 3.83. The summed E-state index contributed by atoms with van der Waals surface area (Å²) in [5.41, 5.74) is 2.82. The highest BCUT2D eigenvalue weighted by Crippen LogP contribution is 2.26. The molecule has 1 heterocycles. The monoisotopic (exact) mass is 345 g/mol. The van der Waals surface area contributed by atoms with Crippen LogP contribution < -0.4 is 0 Å². The minimum atomic E-state index is -0.265. The summed E-state index contributed by atoms with van der Waals surface area (Å²) in [7, 11) is 0. The molecule has 0 aliphatic heterocycles. The molecule has 0 spiro atoms. The van der Waals surface area contributed by atoms with E-state index in [9.17, 15) is 9.18 Å². The molecule has 3 rings (SSSR count). The molecule has 2 aromatic carbocycles. The summed E-state index contributed by atoms with van der Waals surface area (Å²) in [6.45, 7) is 2.72. The first kappa shape index (κ1) is 16.5. The molecular formula is C19H17ClFNO2. The molecule has 3 nitrogen and oxygen atoms in total. The van der Waals surface area contributed by atoms with E-state index in [4.69, 9.17) is 16.3 Å². The minimum Gasteiger partial charge on any atom is -0.466 e. The zero-order valence-corrected chi connectivity index (χ0v) is 14.0. The average molecular weight is 346 g/mol. The topological polar surface area (TPSA) is 31.2 Å². The van der Waals surface area contributed by atoms with E-state index in [2.05, 4.69) is 0 Å². The molecule has 0 bridgehead atoms. The molecule has 5 heteroatoms. The standard InChI is InChI=1S/C19H17ClFNO2/c1-2-24-19(23)9-14-12-22(11-13-3-6-16(21)7-4-13)18-8-5-15(20)10-17(14)18/h3-8,10,12H,2,9,11H2,1H3. The zero-order chi connectivity index (χ0) is 17.1. The Morgan fingerprint density at radius 2 is 1.96 bits per heavy atom. The van der Waals surface area contributed by atoms with Gasteiger partial charge in [-0.3, -0.25) is 4.79 Å². The Balaban J connectivity index is 1.98. The molecule has 0 unspecified atom stereocenters. The third kappa shape index (κ3) is 3.60. The molecule has 124 valence electrons. The van der Waals surface area contributed by atoms with Crippen LogP contribution in [0.5, 0.6) is 0 Å². The van der Waals surface area contributed by atoms with E-state index in [0.717, 1.165) is 22.0 Å². The summed E-state index contributed by atoms with van der Waals surface area (Å²) in [5.74, 6) is -0.524. The number of hydrogen-bond donors (Lipinski definition) is 0. The molecule has 1 aromatic heterocycles. The van der Waals surface area contributed by atoms with Gasteiger partial charge in [-0.05, 0) is 48.4 Å². The van der Waals surface area contributed by atoms with Crippen molar-refractivity contribution in [1.82, 2.24) is 4.57 Å². The van der Waals surface area contributed by atoms with Gasteiger partial charge in [0.15, 0.2) is 0 Å². The number of aromatic nitrogens is 1. The molecule has 3 aromatic rings. The van der Waals surface area contributed by atoms with Gasteiger partial charge in [0.1, 0.15) is 5.82 Å². The molecule has 0 aliphatic rings. The number of halogens is 2. The zero-order valence-electron chi connectivity index (χ0n) is 13.3. The predicted molar refractivity (Wildman–Crippen MR) is 92.8 cm³/mol. The summed E-state index contributed by atoms with van der Waals surface area (Å²) in [5, 5.41) is 1.55. The van der Waals surface area contributed by atoms with Crippen LogP contribution in [0.1, 0.15) is 18.1 Å². The third-order valence-corrected chi connectivity index (χ3v) is 4.07. The molecule has 0 fully saturated rings. The van der Waals surface area contributed by atoms with Crippen molar-refractivity contribution in [3.05, 3.63) is 70.6 Å². The smallest absolute Gasteiger partial charge is 0.310 e. The normalized spacial score (nSPS) is 11.0. The van der Waals surface area contributed by atoms with Crippen molar-refractivity contribution in [2.75, 3.05) is 6.61 Å². The van der Waals surface area contributed by atoms with Crippen LogP contribution in [0.2, 0.25) is 5.02 Å². The lowest BCUT2D eigenvalue weighted by molar-refractivity contribution is -0.142. The summed E-state index contributed by atoms with van der Waals surface area (Å²) >= 11 is 6.11. The van der Waals surface area contributed by atoms with Crippen LogP contribution in [0.25, 0.3) is 10.9 Å². The summed E-state index contributed by atoms with van der Waals surface area (Å²) in [4.78, 5) is 11.8. The molecule has 0 atom stereocenters. The second-order valence-corrected chi connectivity index (χ2v) is 5.99. The quantitative estimate of drug-likeness (QED) is 0.633. The fourth-order valence-electron chi connectivity index (χ4n) is 2.77. The number of benzene rings is 2. The first-order valence-electron chi connectivity index (χ1n) is 7.74. The highest BCUT2D eigenvalue weighted by Gasteiger charge is 2.13. The van der Waals surface area contributed by atoms with Crippen LogP contribution in [0.3, 0.4) is 0 Å². The summed E-state index contributed by atoms with van der Waals surface area (Å²) < 4.78 is 20.1. The average Bonchev–Trinajstić information content (AvgIpc) is 2.87. The Kier molecular flexibility index (Phi) is 4.86. The molecule has 0 aliphatic carbocycles. The first-order chi connectivity index (χ1) is 11.6. The molecule has 0 saturated carbocycles. The van der Waals surface area contributed by atoms with E-state index in [1.54, 1.807) is 19.1 Å². The number of ether oxygens (including phenoxy) is 1. The number of nitrogens with zero attached hydrogens (tertiary/aromatic N) is 1. The van der Waals surface area contributed by atoms with E-state index >= 15 is 0 Å². The van der Waals surface area contributed by atoms with Crippen molar-refractivity contribution in [2.45, 2.75) is 19.9 Å². The van der Waals surface area contributed by atoms with Gasteiger partial charge in [0.2, 0.25) is 0 Å². The maximum atomic E-state index is 13.1. The van der Waals surface area contributed by atoms with Crippen LogP contribution in [-0.4, -0.2) is 17.1 Å². The van der Waals surface area contributed by atoms with Gasteiger partial charge in [0.05, 0.1) is 13.0 Å². The lowest BCUT2D eigenvalue weighted by Gasteiger charge is -2.05. The van der Waals surface area contributed by atoms with Crippen molar-refractivity contribution in [3.63, 3.8) is 0 Å². The van der Waals surface area contributed by atoms with Gasteiger partial charge in [-0.25, -0.2) is 4.39 Å². The Morgan fingerprint density at radius 1 is 1.21 bits per heavy atom. The van der Waals surface area contributed by atoms with Crippen LogP contribution >= 0.6 is 11.6 Å². The SMILES string of the molecule is CCOC(=O)Cc1cn(Cc2ccc(F)cc2)c2ccc(Cl)cc12.